The van der Waals surface area contributed by atoms with E-state index in [1.54, 1.807) is 12.1 Å². The Kier molecular flexibility index (Phi) is 11.2. The summed E-state index contributed by atoms with van der Waals surface area (Å²) in [4.78, 5) is 15.6. The van der Waals surface area contributed by atoms with E-state index in [0.29, 0.717) is 47.5 Å². The average molecular weight is 634 g/mol. The third-order valence-corrected chi connectivity index (χ3v) is 8.66. The highest BCUT2D eigenvalue weighted by Crippen LogP contribution is 2.34. The van der Waals surface area contributed by atoms with Crippen LogP contribution in [0, 0.1) is 12.8 Å². The summed E-state index contributed by atoms with van der Waals surface area (Å²) in [6.45, 7) is 3.24. The van der Waals surface area contributed by atoms with Crippen molar-refractivity contribution in [3.05, 3.63) is 93.0 Å². The van der Waals surface area contributed by atoms with E-state index in [0.717, 1.165) is 35.1 Å². The molecule has 7 nitrogen and oxygen atoms in total. The second-order valence-electron chi connectivity index (χ2n) is 10.9. The van der Waals surface area contributed by atoms with Gasteiger partial charge in [-0.05, 0) is 79.1 Å². The summed E-state index contributed by atoms with van der Waals surface area (Å²) >= 11 is 12.5. The minimum atomic E-state index is -3.04. The van der Waals surface area contributed by atoms with Crippen molar-refractivity contribution in [2.75, 3.05) is 31.8 Å². The summed E-state index contributed by atoms with van der Waals surface area (Å²) < 4.78 is 34.7. The lowest BCUT2D eigenvalue weighted by atomic mass is 9.97. The number of benzene rings is 3. The van der Waals surface area contributed by atoms with Crippen molar-refractivity contribution in [2.24, 2.45) is 11.7 Å². The van der Waals surface area contributed by atoms with E-state index in [1.165, 1.54) is 6.26 Å². The molecule has 0 heterocycles. The number of hydrogen-bond acceptors (Lipinski definition) is 6. The molecule has 42 heavy (non-hydrogen) atoms. The Morgan fingerprint density at radius 2 is 1.62 bits per heavy atom. The highest BCUT2D eigenvalue weighted by atomic mass is 35.5. The lowest BCUT2D eigenvalue weighted by Gasteiger charge is -2.27. The number of carbonyl (C=O) groups is 1. The first-order valence-electron chi connectivity index (χ1n) is 14.1. The van der Waals surface area contributed by atoms with Crippen LogP contribution >= 0.6 is 23.2 Å². The summed E-state index contributed by atoms with van der Waals surface area (Å²) in [7, 11) is -3.04. The predicted molar refractivity (Wildman–Crippen MR) is 168 cm³/mol. The molecule has 1 aliphatic carbocycles. The van der Waals surface area contributed by atoms with Crippen LogP contribution in [0.25, 0.3) is 0 Å². The molecule has 3 aromatic carbocycles. The van der Waals surface area contributed by atoms with E-state index >= 15 is 0 Å². The first kappa shape index (κ1) is 32.1. The molecule has 2 N–H and O–H groups in total. The fraction of sp³-hybridized carbons (Fsp3) is 0.406. The number of amides is 1. The Labute approximate surface area is 258 Å². The van der Waals surface area contributed by atoms with Gasteiger partial charge in [0.2, 0.25) is 5.91 Å². The van der Waals surface area contributed by atoms with Crippen molar-refractivity contribution < 1.29 is 22.7 Å². The minimum Gasteiger partial charge on any atom is -0.490 e. The maximum atomic E-state index is 13.6. The van der Waals surface area contributed by atoms with Gasteiger partial charge >= 0.3 is 0 Å². The molecule has 10 heteroatoms. The molecule has 3 aromatic rings. The predicted octanol–water partition coefficient (Wildman–Crippen LogP) is 5.66. The molecule has 226 valence electrons. The number of nitrogens with zero attached hydrogens (tertiary/aromatic N) is 1. The Balaban J connectivity index is 1.31. The van der Waals surface area contributed by atoms with Gasteiger partial charge in [-0.15, -0.1) is 0 Å². The smallest absolute Gasteiger partial charge is 0.227 e. The van der Waals surface area contributed by atoms with E-state index in [1.807, 2.05) is 60.4 Å². The number of aryl methyl sites for hydroxylation is 2. The van der Waals surface area contributed by atoms with Gasteiger partial charge < -0.3 is 20.1 Å². The molecule has 0 bridgehead atoms. The maximum absolute atomic E-state index is 13.6. The summed E-state index contributed by atoms with van der Waals surface area (Å²) in [6.07, 6.45) is 4.19. The second kappa shape index (κ2) is 14.6. The van der Waals surface area contributed by atoms with Crippen LogP contribution in [0.5, 0.6) is 11.5 Å². The molecule has 1 aliphatic rings. The van der Waals surface area contributed by atoms with Crippen molar-refractivity contribution in [3.63, 3.8) is 0 Å². The first-order valence-corrected chi connectivity index (χ1v) is 16.9. The molecule has 1 fully saturated rings. The van der Waals surface area contributed by atoms with E-state index in [9.17, 15) is 13.2 Å². The van der Waals surface area contributed by atoms with Gasteiger partial charge in [0.05, 0.1) is 21.7 Å². The van der Waals surface area contributed by atoms with Crippen LogP contribution in [0.15, 0.2) is 60.7 Å². The number of ether oxygens (including phenoxy) is 2. The second-order valence-corrected chi connectivity index (χ2v) is 14.0. The van der Waals surface area contributed by atoms with Gasteiger partial charge in [-0.3, -0.25) is 4.79 Å². The molecule has 1 atom stereocenters. The van der Waals surface area contributed by atoms with Gasteiger partial charge in [-0.1, -0.05) is 59.6 Å². The number of hydrogen-bond donors (Lipinski definition) is 1. The molecule has 0 aliphatic heterocycles. The van der Waals surface area contributed by atoms with Crippen molar-refractivity contribution >= 4 is 38.9 Å². The van der Waals surface area contributed by atoms with E-state index in [-0.39, 0.29) is 36.8 Å². The number of rotatable bonds is 15. The zero-order valence-electron chi connectivity index (χ0n) is 24.0. The summed E-state index contributed by atoms with van der Waals surface area (Å²) in [5.74, 6) is 0.941. The van der Waals surface area contributed by atoms with Gasteiger partial charge in [0, 0.05) is 25.4 Å². The largest absolute Gasteiger partial charge is 0.490 e. The van der Waals surface area contributed by atoms with E-state index in [4.69, 9.17) is 38.4 Å². The fourth-order valence-electron chi connectivity index (χ4n) is 4.80. The zero-order valence-corrected chi connectivity index (χ0v) is 26.4. The SMILES string of the molecule is Cc1cc(Cl)c(OCCOc2ccc(CC(CN)C(=O)N(Cc3cccc(CCS(C)(=O)=O)c3)C3CC3)cc2)c(Cl)c1. The number of halogens is 2. The lowest BCUT2D eigenvalue weighted by Crippen LogP contribution is -2.41. The molecular formula is C32H38Cl2N2O5S. The summed E-state index contributed by atoms with van der Waals surface area (Å²) in [5, 5.41) is 0.929. The zero-order chi connectivity index (χ0) is 30.3. The Bertz CT molecular complexity index is 1450. The molecule has 4 rings (SSSR count). The quantitative estimate of drug-likeness (QED) is 0.217. The van der Waals surface area contributed by atoms with Crippen molar-refractivity contribution in [3.8, 4) is 11.5 Å². The fourth-order valence-corrected chi connectivity index (χ4v) is 6.11. The van der Waals surface area contributed by atoms with Crippen LogP contribution < -0.4 is 15.2 Å². The van der Waals surface area contributed by atoms with Crippen molar-refractivity contribution in [1.82, 2.24) is 4.90 Å². The minimum absolute atomic E-state index is 0.0486. The normalized spacial score (nSPS) is 13.9. The highest BCUT2D eigenvalue weighted by molar-refractivity contribution is 7.90. The Hall–Kier alpha value is -2.78. The van der Waals surface area contributed by atoms with Gasteiger partial charge in [-0.25, -0.2) is 8.42 Å². The van der Waals surface area contributed by atoms with Gasteiger partial charge in [0.1, 0.15) is 28.8 Å². The monoisotopic (exact) mass is 632 g/mol. The molecule has 1 amide bonds. The molecule has 1 unspecified atom stereocenters. The topological polar surface area (TPSA) is 98.9 Å². The standard InChI is InChI=1S/C32H38Cl2N2O5S/c1-22-16-29(33)31(30(34)17-22)41-14-13-40-28-10-6-24(7-11-28)19-26(20-35)32(37)36(27-8-9-27)21-25-5-3-4-23(18-25)12-15-42(2,38)39/h3-7,10-11,16-18,26-27H,8-9,12-15,19-21,35H2,1-2H3. The average Bonchev–Trinajstić information content (AvgIpc) is 3.78. The molecule has 0 aromatic heterocycles. The molecular weight excluding hydrogens is 595 g/mol. The number of sulfone groups is 1. The van der Waals surface area contributed by atoms with Gasteiger partial charge in [-0.2, -0.15) is 0 Å². The molecule has 0 radical (unpaired) electrons. The molecule has 0 saturated heterocycles. The van der Waals surface area contributed by atoms with Gasteiger partial charge in [0.15, 0.2) is 5.75 Å². The summed E-state index contributed by atoms with van der Waals surface area (Å²) in [5.41, 5.74) is 10.0. The molecule has 1 saturated carbocycles. The number of carbonyl (C=O) groups excluding carboxylic acids is 1. The molecule has 0 spiro atoms. The Morgan fingerprint density at radius 3 is 2.24 bits per heavy atom. The van der Waals surface area contributed by atoms with Gasteiger partial charge in [0.25, 0.3) is 0 Å². The maximum Gasteiger partial charge on any atom is 0.227 e. The van der Waals surface area contributed by atoms with E-state index < -0.39 is 9.84 Å². The van der Waals surface area contributed by atoms with Crippen LogP contribution in [0.2, 0.25) is 10.0 Å². The van der Waals surface area contributed by atoms with Crippen molar-refractivity contribution in [1.29, 1.82) is 0 Å². The van der Waals surface area contributed by atoms with Crippen LogP contribution in [0.3, 0.4) is 0 Å². The Morgan fingerprint density at radius 1 is 0.976 bits per heavy atom. The van der Waals surface area contributed by atoms with Crippen LogP contribution in [0.4, 0.5) is 0 Å². The first-order chi connectivity index (χ1) is 20.0. The van der Waals surface area contributed by atoms with Crippen molar-refractivity contribution in [2.45, 2.75) is 45.2 Å². The van der Waals surface area contributed by atoms with Crippen LogP contribution in [0.1, 0.15) is 35.1 Å². The van der Waals surface area contributed by atoms with E-state index in [2.05, 4.69) is 0 Å². The van der Waals surface area contributed by atoms with Crippen LogP contribution in [-0.2, 0) is 34.0 Å². The van der Waals surface area contributed by atoms with Crippen LogP contribution in [-0.4, -0.2) is 57.0 Å². The third-order valence-electron chi connectivity index (χ3n) is 7.16. The lowest BCUT2D eigenvalue weighted by molar-refractivity contribution is -0.136. The third kappa shape index (κ3) is 9.63. The summed E-state index contributed by atoms with van der Waals surface area (Å²) in [6, 6.07) is 19.3. The number of nitrogens with two attached hydrogens (primary N) is 1. The highest BCUT2D eigenvalue weighted by Gasteiger charge is 2.35.